The number of carbonyl (C=O) groups is 1. The fraction of sp³-hybridized carbons (Fsp3) is 0.550. The molecule has 2 aliphatic rings. The van der Waals surface area contributed by atoms with Crippen LogP contribution in [-0.2, 0) is 11.3 Å². The van der Waals surface area contributed by atoms with Gasteiger partial charge in [0.25, 0.3) is 5.91 Å². The largest absolute Gasteiger partial charge is 0.451 e. The van der Waals surface area contributed by atoms with E-state index in [2.05, 4.69) is 11.9 Å². The standard InChI is InChI=1S/C20H26N2O3/c1-21-11-5-8-16(21)17-9-6-12-22(17)20(23)19-15(13-24-2)14-7-3-4-10-18(14)25-19/h3-4,7,10,16-17H,5-6,8-9,11-13H2,1-2H3/t16-,17-/m1/s1. The van der Waals surface area contributed by atoms with E-state index < -0.39 is 0 Å². The topological polar surface area (TPSA) is 45.9 Å². The predicted molar refractivity (Wildman–Crippen MR) is 96.6 cm³/mol. The Kier molecular flexibility index (Phi) is 4.52. The third-order valence-corrected chi connectivity index (χ3v) is 5.76. The molecule has 2 fully saturated rings. The molecule has 0 saturated carbocycles. The Morgan fingerprint density at radius 3 is 2.72 bits per heavy atom. The zero-order valence-electron chi connectivity index (χ0n) is 15.0. The molecule has 0 unspecified atom stereocenters. The number of benzene rings is 1. The molecule has 25 heavy (non-hydrogen) atoms. The summed E-state index contributed by atoms with van der Waals surface area (Å²) in [7, 11) is 3.83. The molecule has 5 nitrogen and oxygen atoms in total. The van der Waals surface area contributed by atoms with Gasteiger partial charge in [-0.1, -0.05) is 18.2 Å². The van der Waals surface area contributed by atoms with Gasteiger partial charge < -0.3 is 19.0 Å². The maximum atomic E-state index is 13.3. The van der Waals surface area contributed by atoms with Gasteiger partial charge in [-0.05, 0) is 45.3 Å². The summed E-state index contributed by atoms with van der Waals surface area (Å²) in [4.78, 5) is 17.8. The number of hydrogen-bond acceptors (Lipinski definition) is 4. The number of ether oxygens (including phenoxy) is 1. The van der Waals surface area contributed by atoms with Gasteiger partial charge in [-0.3, -0.25) is 4.79 Å². The van der Waals surface area contributed by atoms with Gasteiger partial charge in [0.2, 0.25) is 0 Å². The monoisotopic (exact) mass is 342 g/mol. The minimum Gasteiger partial charge on any atom is -0.451 e. The molecule has 0 N–H and O–H groups in total. The molecule has 0 radical (unpaired) electrons. The third-order valence-electron chi connectivity index (χ3n) is 5.76. The zero-order valence-corrected chi connectivity index (χ0v) is 15.0. The summed E-state index contributed by atoms with van der Waals surface area (Å²) in [5, 5.41) is 0.974. The number of likely N-dealkylation sites (N-methyl/N-ethyl adjacent to an activating group) is 1. The minimum atomic E-state index is 0.0195. The number of nitrogens with zero attached hydrogens (tertiary/aromatic N) is 2. The van der Waals surface area contributed by atoms with E-state index in [1.807, 2.05) is 29.2 Å². The van der Waals surface area contributed by atoms with E-state index in [0.29, 0.717) is 24.5 Å². The predicted octanol–water partition coefficient (Wildman–Crippen LogP) is 3.28. The van der Waals surface area contributed by atoms with Gasteiger partial charge in [0, 0.05) is 36.7 Å². The van der Waals surface area contributed by atoms with Crippen molar-refractivity contribution in [3.63, 3.8) is 0 Å². The van der Waals surface area contributed by atoms with Crippen LogP contribution in [0.2, 0.25) is 0 Å². The number of rotatable bonds is 4. The summed E-state index contributed by atoms with van der Waals surface area (Å²) in [6, 6.07) is 8.58. The quantitative estimate of drug-likeness (QED) is 0.855. The zero-order chi connectivity index (χ0) is 17.4. The van der Waals surface area contributed by atoms with E-state index in [9.17, 15) is 4.79 Å². The molecule has 0 aliphatic carbocycles. The molecule has 134 valence electrons. The van der Waals surface area contributed by atoms with Gasteiger partial charge in [-0.15, -0.1) is 0 Å². The first-order chi connectivity index (χ1) is 12.2. The second-order valence-electron chi connectivity index (χ2n) is 7.24. The molecule has 2 saturated heterocycles. The Balaban J connectivity index is 1.68. The fourth-order valence-electron chi connectivity index (χ4n) is 4.56. The van der Waals surface area contributed by atoms with E-state index in [1.54, 1.807) is 7.11 Å². The van der Waals surface area contributed by atoms with Crippen molar-refractivity contribution < 1.29 is 13.9 Å². The number of fused-ring (bicyclic) bond motifs is 1. The van der Waals surface area contributed by atoms with Crippen LogP contribution in [0.25, 0.3) is 11.0 Å². The fourth-order valence-corrected chi connectivity index (χ4v) is 4.56. The number of amides is 1. The molecule has 0 bridgehead atoms. The van der Waals surface area contributed by atoms with Gasteiger partial charge in [-0.2, -0.15) is 0 Å². The van der Waals surface area contributed by atoms with Gasteiger partial charge in [0.1, 0.15) is 5.58 Å². The molecule has 2 aliphatic heterocycles. The van der Waals surface area contributed by atoms with E-state index >= 15 is 0 Å². The first-order valence-corrected chi connectivity index (χ1v) is 9.21. The average molecular weight is 342 g/mol. The molecule has 1 amide bonds. The molecule has 3 heterocycles. The van der Waals surface area contributed by atoms with Crippen molar-refractivity contribution in [3.8, 4) is 0 Å². The van der Waals surface area contributed by atoms with E-state index in [-0.39, 0.29) is 5.91 Å². The minimum absolute atomic E-state index is 0.0195. The summed E-state index contributed by atoms with van der Waals surface area (Å²) in [5.41, 5.74) is 1.63. The molecular formula is C20H26N2O3. The van der Waals surface area contributed by atoms with Crippen LogP contribution in [-0.4, -0.2) is 55.0 Å². The van der Waals surface area contributed by atoms with Crippen LogP contribution in [0.3, 0.4) is 0 Å². The van der Waals surface area contributed by atoms with Gasteiger partial charge in [-0.25, -0.2) is 0 Å². The highest BCUT2D eigenvalue weighted by Gasteiger charge is 2.40. The summed E-state index contributed by atoms with van der Waals surface area (Å²) in [6.07, 6.45) is 4.55. The van der Waals surface area contributed by atoms with Crippen LogP contribution in [0.5, 0.6) is 0 Å². The molecule has 4 rings (SSSR count). The molecule has 1 aromatic heterocycles. The number of likely N-dealkylation sites (tertiary alicyclic amines) is 2. The normalized spacial score (nSPS) is 24.5. The smallest absolute Gasteiger partial charge is 0.290 e. The third kappa shape index (κ3) is 2.85. The van der Waals surface area contributed by atoms with E-state index in [0.717, 1.165) is 42.5 Å². The van der Waals surface area contributed by atoms with Crippen LogP contribution in [0.4, 0.5) is 0 Å². The number of para-hydroxylation sites is 1. The molecule has 2 atom stereocenters. The Bertz CT molecular complexity index is 769. The number of furan rings is 1. The summed E-state index contributed by atoms with van der Waals surface area (Å²) < 4.78 is 11.3. The summed E-state index contributed by atoms with van der Waals surface area (Å²) in [5.74, 6) is 0.474. The lowest BCUT2D eigenvalue weighted by atomic mass is 10.0. The maximum absolute atomic E-state index is 13.3. The Morgan fingerprint density at radius 2 is 1.96 bits per heavy atom. The van der Waals surface area contributed by atoms with Crippen LogP contribution < -0.4 is 0 Å². The van der Waals surface area contributed by atoms with Crippen molar-refractivity contribution in [2.75, 3.05) is 27.2 Å². The van der Waals surface area contributed by atoms with Gasteiger partial charge >= 0.3 is 0 Å². The SMILES string of the molecule is COCc1c(C(=O)N2CCC[C@@H]2[C@H]2CCCN2C)oc2ccccc12. The lowest BCUT2D eigenvalue weighted by molar-refractivity contribution is 0.0629. The average Bonchev–Trinajstić information content (AvgIpc) is 3.33. The highest BCUT2D eigenvalue weighted by molar-refractivity contribution is 5.99. The van der Waals surface area contributed by atoms with E-state index in [4.69, 9.17) is 9.15 Å². The van der Waals surface area contributed by atoms with Crippen molar-refractivity contribution in [1.82, 2.24) is 9.80 Å². The molecule has 5 heteroatoms. The molecular weight excluding hydrogens is 316 g/mol. The first kappa shape index (κ1) is 16.6. The second-order valence-corrected chi connectivity index (χ2v) is 7.24. The molecule has 1 aromatic carbocycles. The number of carbonyl (C=O) groups excluding carboxylic acids is 1. The number of hydrogen-bond donors (Lipinski definition) is 0. The Hall–Kier alpha value is -1.85. The van der Waals surface area contributed by atoms with Crippen LogP contribution in [0.15, 0.2) is 28.7 Å². The summed E-state index contributed by atoms with van der Waals surface area (Å²) >= 11 is 0. The van der Waals surface area contributed by atoms with Crippen molar-refractivity contribution in [1.29, 1.82) is 0 Å². The van der Waals surface area contributed by atoms with Crippen LogP contribution >= 0.6 is 0 Å². The van der Waals surface area contributed by atoms with Gasteiger partial charge in [0.15, 0.2) is 5.76 Å². The lowest BCUT2D eigenvalue weighted by Crippen LogP contribution is -2.47. The lowest BCUT2D eigenvalue weighted by Gasteiger charge is -2.33. The summed E-state index contributed by atoms with van der Waals surface area (Å²) in [6.45, 7) is 2.33. The van der Waals surface area contributed by atoms with Gasteiger partial charge in [0.05, 0.1) is 6.61 Å². The highest BCUT2D eigenvalue weighted by Crippen LogP contribution is 2.33. The van der Waals surface area contributed by atoms with Crippen molar-refractivity contribution in [2.45, 2.75) is 44.4 Å². The number of methoxy groups -OCH3 is 1. The maximum Gasteiger partial charge on any atom is 0.290 e. The second kappa shape index (κ2) is 6.81. The highest BCUT2D eigenvalue weighted by atomic mass is 16.5. The van der Waals surface area contributed by atoms with E-state index in [1.165, 1.54) is 12.8 Å². The van der Waals surface area contributed by atoms with Crippen molar-refractivity contribution in [3.05, 3.63) is 35.6 Å². The Morgan fingerprint density at radius 1 is 1.20 bits per heavy atom. The van der Waals surface area contributed by atoms with Crippen molar-refractivity contribution in [2.24, 2.45) is 0 Å². The van der Waals surface area contributed by atoms with Crippen molar-refractivity contribution >= 4 is 16.9 Å². The molecule has 2 aromatic rings. The van der Waals surface area contributed by atoms with Crippen LogP contribution in [0.1, 0.15) is 41.8 Å². The Labute approximate surface area is 148 Å². The van der Waals surface area contributed by atoms with Crippen LogP contribution in [0, 0.1) is 0 Å². The first-order valence-electron chi connectivity index (χ1n) is 9.21. The molecule has 0 spiro atoms.